The summed E-state index contributed by atoms with van der Waals surface area (Å²) < 4.78 is 0. The van der Waals surface area contributed by atoms with Gasteiger partial charge in [0.05, 0.1) is 4.92 Å². The highest BCUT2D eigenvalue weighted by molar-refractivity contribution is 5.67. The summed E-state index contributed by atoms with van der Waals surface area (Å²) >= 11 is 0. The summed E-state index contributed by atoms with van der Waals surface area (Å²) in [6.45, 7) is 1.72. The van der Waals surface area contributed by atoms with E-state index < -0.39 is 4.92 Å². The summed E-state index contributed by atoms with van der Waals surface area (Å²) in [7, 11) is 0. The second-order valence-corrected chi connectivity index (χ2v) is 3.96. The van der Waals surface area contributed by atoms with Gasteiger partial charge in [0, 0.05) is 23.9 Å². The van der Waals surface area contributed by atoms with Gasteiger partial charge in [-0.25, -0.2) is 4.98 Å². The van der Waals surface area contributed by atoms with Crippen LogP contribution in [0.3, 0.4) is 0 Å². The van der Waals surface area contributed by atoms with Crippen LogP contribution in [0.4, 0.5) is 5.69 Å². The Balaban J connectivity index is 2.29. The number of aromatic amines is 1. The summed E-state index contributed by atoms with van der Waals surface area (Å²) in [6, 6.07) is 7.60. The molecular weight excluding hydrogens is 246 g/mol. The molecule has 19 heavy (non-hydrogen) atoms. The van der Waals surface area contributed by atoms with Crippen LogP contribution in [0.5, 0.6) is 0 Å². The maximum Gasteiger partial charge on any atom is 0.270 e. The van der Waals surface area contributed by atoms with E-state index in [2.05, 4.69) is 9.97 Å². The molecule has 0 aliphatic heterocycles. The fourth-order valence-corrected chi connectivity index (χ4v) is 1.60. The Bertz CT molecular complexity index is 704. The Morgan fingerprint density at radius 3 is 2.79 bits per heavy atom. The Hall–Kier alpha value is -2.76. The second kappa shape index (κ2) is 5.26. The molecule has 6 nitrogen and oxygen atoms in total. The standard InChI is InChI=1S/C13H11N3O3/c1-9-7-13(17)15-12(14-9)6-5-10-3-2-4-11(8-10)16(18)19/h2-8H,1H3,(H,14,15,17). The summed E-state index contributed by atoms with van der Waals surface area (Å²) in [5.74, 6) is 0.413. The van der Waals surface area contributed by atoms with E-state index in [9.17, 15) is 14.9 Å². The molecule has 1 N–H and O–H groups in total. The van der Waals surface area contributed by atoms with Gasteiger partial charge < -0.3 is 4.98 Å². The van der Waals surface area contributed by atoms with Crippen molar-refractivity contribution in [2.45, 2.75) is 6.92 Å². The first-order chi connectivity index (χ1) is 9.04. The molecule has 0 saturated carbocycles. The number of nitro benzene ring substituents is 1. The number of hydrogen-bond donors (Lipinski definition) is 1. The van der Waals surface area contributed by atoms with Crippen LogP contribution >= 0.6 is 0 Å². The van der Waals surface area contributed by atoms with Gasteiger partial charge >= 0.3 is 0 Å². The van der Waals surface area contributed by atoms with E-state index in [1.165, 1.54) is 18.2 Å². The molecule has 0 bridgehead atoms. The Labute approximate surface area is 108 Å². The lowest BCUT2D eigenvalue weighted by Crippen LogP contribution is -2.08. The second-order valence-electron chi connectivity index (χ2n) is 3.96. The highest BCUT2D eigenvalue weighted by atomic mass is 16.6. The number of nitrogens with one attached hydrogen (secondary N) is 1. The van der Waals surface area contributed by atoms with Crippen LogP contribution in [0.2, 0.25) is 0 Å². The van der Waals surface area contributed by atoms with Crippen LogP contribution in [0.15, 0.2) is 35.1 Å². The van der Waals surface area contributed by atoms with Crippen molar-refractivity contribution in [3.05, 3.63) is 67.9 Å². The van der Waals surface area contributed by atoms with Gasteiger partial charge in [-0.2, -0.15) is 0 Å². The molecule has 1 heterocycles. The monoisotopic (exact) mass is 257 g/mol. The van der Waals surface area contributed by atoms with Crippen molar-refractivity contribution >= 4 is 17.8 Å². The molecular formula is C13H11N3O3. The summed E-state index contributed by atoms with van der Waals surface area (Å²) in [6.07, 6.45) is 3.26. The molecule has 0 aliphatic carbocycles. The van der Waals surface area contributed by atoms with Crippen LogP contribution in [0, 0.1) is 17.0 Å². The third-order valence-corrected chi connectivity index (χ3v) is 2.40. The third-order valence-electron chi connectivity index (χ3n) is 2.40. The van der Waals surface area contributed by atoms with Crippen molar-refractivity contribution in [3.63, 3.8) is 0 Å². The quantitative estimate of drug-likeness (QED) is 0.674. The summed E-state index contributed by atoms with van der Waals surface area (Å²) in [4.78, 5) is 28.1. The first-order valence-corrected chi connectivity index (χ1v) is 5.55. The largest absolute Gasteiger partial charge is 0.307 e. The van der Waals surface area contributed by atoms with Crippen molar-refractivity contribution < 1.29 is 4.92 Å². The van der Waals surface area contributed by atoms with Crippen molar-refractivity contribution in [1.29, 1.82) is 0 Å². The minimum absolute atomic E-state index is 0.0212. The number of nitrogens with zero attached hydrogens (tertiary/aromatic N) is 2. The minimum Gasteiger partial charge on any atom is -0.307 e. The average Bonchev–Trinajstić information content (AvgIpc) is 2.35. The predicted octanol–water partition coefficient (Wildman–Crippen LogP) is 2.16. The van der Waals surface area contributed by atoms with Crippen molar-refractivity contribution in [1.82, 2.24) is 9.97 Å². The molecule has 0 fully saturated rings. The number of rotatable bonds is 3. The minimum atomic E-state index is -0.454. The Kier molecular flexibility index (Phi) is 3.51. The molecule has 0 amide bonds. The van der Waals surface area contributed by atoms with Gasteiger partial charge in [0.25, 0.3) is 11.2 Å². The maximum atomic E-state index is 11.2. The van der Waals surface area contributed by atoms with Gasteiger partial charge in [-0.05, 0) is 18.6 Å². The highest BCUT2D eigenvalue weighted by Crippen LogP contribution is 2.14. The van der Waals surface area contributed by atoms with Crippen LogP contribution < -0.4 is 5.56 Å². The van der Waals surface area contributed by atoms with Crippen LogP contribution in [-0.2, 0) is 0 Å². The number of H-pyrrole nitrogens is 1. The first-order valence-electron chi connectivity index (χ1n) is 5.55. The smallest absolute Gasteiger partial charge is 0.270 e. The SMILES string of the molecule is Cc1cc(=O)[nH]c(C=Cc2cccc([N+](=O)[O-])c2)n1. The van der Waals surface area contributed by atoms with Gasteiger partial charge in [0.15, 0.2) is 0 Å². The Morgan fingerprint density at radius 2 is 2.11 bits per heavy atom. The molecule has 1 aromatic carbocycles. The van der Waals surface area contributed by atoms with Gasteiger partial charge in [-0.1, -0.05) is 18.2 Å². The van der Waals surface area contributed by atoms with Crippen molar-refractivity contribution in [3.8, 4) is 0 Å². The fourth-order valence-electron chi connectivity index (χ4n) is 1.60. The number of nitro groups is 1. The van der Waals surface area contributed by atoms with E-state index in [0.29, 0.717) is 17.1 Å². The van der Waals surface area contributed by atoms with Crippen molar-refractivity contribution in [2.75, 3.05) is 0 Å². The fraction of sp³-hybridized carbons (Fsp3) is 0.0769. The molecule has 0 atom stereocenters. The lowest BCUT2D eigenvalue weighted by molar-refractivity contribution is -0.384. The van der Waals surface area contributed by atoms with Gasteiger partial charge in [-0.15, -0.1) is 0 Å². The van der Waals surface area contributed by atoms with Gasteiger partial charge in [0.2, 0.25) is 0 Å². The molecule has 96 valence electrons. The molecule has 0 spiro atoms. The lowest BCUT2D eigenvalue weighted by Gasteiger charge is -1.96. The van der Waals surface area contributed by atoms with E-state index in [4.69, 9.17) is 0 Å². The first kappa shape index (κ1) is 12.7. The number of benzene rings is 1. The lowest BCUT2D eigenvalue weighted by atomic mass is 10.2. The molecule has 6 heteroatoms. The number of non-ortho nitro benzene ring substituents is 1. The molecule has 0 saturated heterocycles. The topological polar surface area (TPSA) is 88.9 Å². The molecule has 0 aliphatic rings. The van der Waals surface area contributed by atoms with Gasteiger partial charge in [-0.3, -0.25) is 14.9 Å². The molecule has 2 aromatic rings. The normalized spacial score (nSPS) is 10.8. The zero-order chi connectivity index (χ0) is 13.8. The molecule has 0 unspecified atom stereocenters. The molecule has 0 radical (unpaired) electrons. The predicted molar refractivity (Wildman–Crippen MR) is 71.6 cm³/mol. The third kappa shape index (κ3) is 3.35. The summed E-state index contributed by atoms with van der Waals surface area (Å²) in [5.41, 5.74) is 1.07. The maximum absolute atomic E-state index is 11.2. The molecule has 1 aromatic heterocycles. The van der Waals surface area contributed by atoms with E-state index in [0.717, 1.165) is 0 Å². The van der Waals surface area contributed by atoms with Crippen LogP contribution in [0.25, 0.3) is 12.2 Å². The van der Waals surface area contributed by atoms with E-state index in [1.54, 1.807) is 31.2 Å². The zero-order valence-electron chi connectivity index (χ0n) is 10.2. The van der Waals surface area contributed by atoms with Gasteiger partial charge in [0.1, 0.15) is 5.82 Å². The summed E-state index contributed by atoms with van der Waals surface area (Å²) in [5, 5.41) is 10.6. The average molecular weight is 257 g/mol. The number of aromatic nitrogens is 2. The van der Waals surface area contributed by atoms with Crippen LogP contribution in [0.1, 0.15) is 17.1 Å². The Morgan fingerprint density at radius 1 is 1.32 bits per heavy atom. The number of aryl methyl sites for hydroxylation is 1. The number of hydrogen-bond acceptors (Lipinski definition) is 4. The highest BCUT2D eigenvalue weighted by Gasteiger charge is 2.03. The van der Waals surface area contributed by atoms with E-state index >= 15 is 0 Å². The van der Waals surface area contributed by atoms with Crippen molar-refractivity contribution in [2.24, 2.45) is 0 Å². The zero-order valence-corrected chi connectivity index (χ0v) is 10.2. The van der Waals surface area contributed by atoms with E-state index in [-0.39, 0.29) is 11.2 Å². The van der Waals surface area contributed by atoms with Crippen LogP contribution in [-0.4, -0.2) is 14.9 Å². The van der Waals surface area contributed by atoms with E-state index in [1.807, 2.05) is 0 Å². The molecule has 2 rings (SSSR count).